The van der Waals surface area contributed by atoms with Gasteiger partial charge in [-0.3, -0.25) is 0 Å². The molecule has 0 N–H and O–H groups in total. The zero-order chi connectivity index (χ0) is 12.0. The molecule has 0 saturated heterocycles. The van der Waals surface area contributed by atoms with E-state index >= 15 is 0 Å². The normalized spacial score (nSPS) is 13.3. The highest BCUT2D eigenvalue weighted by Gasteiger charge is 2.39. The molecule has 9 heteroatoms. The van der Waals surface area contributed by atoms with Gasteiger partial charge in [-0.15, -0.1) is 13.2 Å². The summed E-state index contributed by atoms with van der Waals surface area (Å²) in [6.07, 6.45) is -4.92. The Hall–Kier alpha value is -1.15. The van der Waals surface area contributed by atoms with Crippen molar-refractivity contribution in [3.63, 3.8) is 0 Å². The maximum Gasteiger partial charge on any atom is 0.513 e. The molecule has 0 fully saturated rings. The van der Waals surface area contributed by atoms with E-state index in [0.717, 1.165) is 13.8 Å². The summed E-state index contributed by atoms with van der Waals surface area (Å²) in [5.74, 6) is 0. The van der Waals surface area contributed by atoms with Crippen LogP contribution in [0.5, 0.6) is 0 Å². The van der Waals surface area contributed by atoms with Gasteiger partial charge in [0.25, 0.3) is 0 Å². The fourth-order valence-electron chi connectivity index (χ4n) is 1.38. The number of alkyl halides is 3. The van der Waals surface area contributed by atoms with Gasteiger partial charge in [-0.1, -0.05) is 5.46 Å². The minimum atomic E-state index is -5.47. The van der Waals surface area contributed by atoms with Gasteiger partial charge in [-0.2, -0.15) is 9.78 Å². The molecule has 1 aromatic heterocycles. The van der Waals surface area contributed by atoms with Gasteiger partial charge in [-0.25, -0.2) is 0 Å². The van der Waals surface area contributed by atoms with Crippen molar-refractivity contribution in [3.05, 3.63) is 11.4 Å². The first-order valence-corrected chi connectivity index (χ1v) is 3.88. The molecule has 1 heterocycles. The van der Waals surface area contributed by atoms with Crippen LogP contribution >= 0.6 is 0 Å². The second-order valence-corrected chi connectivity index (χ2v) is 3.04. The monoisotopic (exact) mass is 231 g/mol. The van der Waals surface area contributed by atoms with Gasteiger partial charge in [-0.05, 0) is 13.8 Å². The van der Waals surface area contributed by atoms with Crippen LogP contribution in [0.2, 0.25) is 0 Å². The molecule has 0 aliphatic heterocycles. The van der Waals surface area contributed by atoms with Crippen LogP contribution in [-0.4, -0.2) is 16.8 Å². The molecule has 15 heavy (non-hydrogen) atoms. The van der Waals surface area contributed by atoms with E-state index in [-0.39, 0.29) is 0 Å². The fourth-order valence-corrected chi connectivity index (χ4v) is 1.38. The number of nitrogens with zero attached hydrogens (tertiary/aromatic N) is 2. The van der Waals surface area contributed by atoms with Gasteiger partial charge in [0.2, 0.25) is 0 Å². The number of aryl methyl sites for hydroxylation is 1. The van der Waals surface area contributed by atoms with Crippen molar-refractivity contribution < 1.29 is 26.1 Å². The molecule has 0 amide bonds. The number of halogens is 6. The third kappa shape index (κ3) is 2.10. The van der Waals surface area contributed by atoms with Crippen molar-refractivity contribution >= 4 is 12.4 Å². The maximum absolute atomic E-state index is 12.4. The van der Waals surface area contributed by atoms with Crippen LogP contribution in [0, 0.1) is 13.8 Å². The van der Waals surface area contributed by atoms with Crippen LogP contribution in [0.25, 0.3) is 0 Å². The standard InChI is InChI=1S/C6H6BF6N2/c1-3-5(7(11,12)13)4(2)15(14-3)6(8,9)10/h1-2H3/q-1. The zero-order valence-electron chi connectivity index (χ0n) is 7.74. The maximum atomic E-state index is 12.4. The molecular weight excluding hydrogens is 225 g/mol. The number of hydrogen-bond acceptors (Lipinski definition) is 1. The smallest absolute Gasteiger partial charge is 0.445 e. The molecule has 0 atom stereocenters. The van der Waals surface area contributed by atoms with E-state index in [9.17, 15) is 26.1 Å². The van der Waals surface area contributed by atoms with Crippen LogP contribution in [0.15, 0.2) is 0 Å². The molecule has 0 bridgehead atoms. The van der Waals surface area contributed by atoms with Crippen LogP contribution in [-0.2, 0) is 6.30 Å². The Balaban J connectivity index is 3.41. The number of aromatic nitrogens is 2. The van der Waals surface area contributed by atoms with E-state index in [1.54, 1.807) is 0 Å². The van der Waals surface area contributed by atoms with Gasteiger partial charge in [0.1, 0.15) is 0 Å². The topological polar surface area (TPSA) is 17.8 Å². The molecule has 2 nitrogen and oxygen atoms in total. The molecule has 0 aliphatic carbocycles. The van der Waals surface area contributed by atoms with Crippen molar-refractivity contribution in [2.45, 2.75) is 20.1 Å². The summed E-state index contributed by atoms with van der Waals surface area (Å²) in [7, 11) is 0. The van der Waals surface area contributed by atoms with Gasteiger partial charge in [0.15, 0.2) is 0 Å². The van der Waals surface area contributed by atoms with Gasteiger partial charge >= 0.3 is 13.3 Å². The Morgan fingerprint density at radius 3 is 1.80 bits per heavy atom. The van der Waals surface area contributed by atoms with E-state index in [0.29, 0.717) is 0 Å². The van der Waals surface area contributed by atoms with Crippen LogP contribution in [0.3, 0.4) is 0 Å². The zero-order valence-corrected chi connectivity index (χ0v) is 7.74. The lowest BCUT2D eigenvalue weighted by molar-refractivity contribution is -0.213. The molecule has 1 aromatic rings. The number of hydrogen-bond donors (Lipinski definition) is 0. The molecule has 0 unspecified atom stereocenters. The Morgan fingerprint density at radius 2 is 1.60 bits per heavy atom. The number of rotatable bonds is 1. The quantitative estimate of drug-likeness (QED) is 0.534. The average Bonchev–Trinajstić information content (AvgIpc) is 2.22. The van der Waals surface area contributed by atoms with Crippen molar-refractivity contribution in [1.82, 2.24) is 9.78 Å². The van der Waals surface area contributed by atoms with Crippen LogP contribution < -0.4 is 5.46 Å². The molecule has 0 radical (unpaired) electrons. The first-order valence-electron chi connectivity index (χ1n) is 3.88. The first-order chi connectivity index (χ1) is 6.55. The SMILES string of the molecule is Cc1nn(C(F)(F)F)c(C)c1[B-](F)(F)F. The highest BCUT2D eigenvalue weighted by molar-refractivity contribution is 6.74. The Kier molecular flexibility index (Phi) is 2.52. The van der Waals surface area contributed by atoms with E-state index in [4.69, 9.17) is 0 Å². The van der Waals surface area contributed by atoms with E-state index in [1.807, 2.05) is 0 Å². The molecular formula is C6H6BF6N2-. The van der Waals surface area contributed by atoms with E-state index in [1.165, 1.54) is 0 Å². The van der Waals surface area contributed by atoms with E-state index < -0.39 is 34.8 Å². The third-order valence-corrected chi connectivity index (χ3v) is 1.91. The summed E-state index contributed by atoms with van der Waals surface area (Å²) in [5.41, 5.74) is -2.85. The summed E-state index contributed by atoms with van der Waals surface area (Å²) in [6, 6.07) is 0. The summed E-state index contributed by atoms with van der Waals surface area (Å²) >= 11 is 0. The second kappa shape index (κ2) is 3.17. The molecule has 0 aromatic carbocycles. The largest absolute Gasteiger partial charge is 0.513 e. The summed E-state index contributed by atoms with van der Waals surface area (Å²) < 4.78 is 73.0. The highest BCUT2D eigenvalue weighted by Crippen LogP contribution is 2.24. The average molecular weight is 231 g/mol. The molecule has 86 valence electrons. The highest BCUT2D eigenvalue weighted by atomic mass is 19.4. The summed E-state index contributed by atoms with van der Waals surface area (Å²) in [6.45, 7) is -3.82. The molecule has 0 aliphatic rings. The Morgan fingerprint density at radius 1 is 1.13 bits per heavy atom. The lowest BCUT2D eigenvalue weighted by atomic mass is 9.78. The lowest BCUT2D eigenvalue weighted by Crippen LogP contribution is -2.37. The molecule has 0 spiro atoms. The fraction of sp³-hybridized carbons (Fsp3) is 0.500. The molecule has 1 rings (SSSR count). The van der Waals surface area contributed by atoms with Crippen molar-refractivity contribution in [3.8, 4) is 0 Å². The Labute approximate surface area is 80.9 Å². The van der Waals surface area contributed by atoms with Gasteiger partial charge in [0.05, 0.1) is 0 Å². The van der Waals surface area contributed by atoms with Crippen LogP contribution in [0.1, 0.15) is 11.4 Å². The predicted octanol–water partition coefficient (Wildman–Crippen LogP) is 2.03. The second-order valence-electron chi connectivity index (χ2n) is 3.04. The van der Waals surface area contributed by atoms with Gasteiger partial charge < -0.3 is 12.9 Å². The molecule has 0 saturated carbocycles. The predicted molar refractivity (Wildman–Crippen MR) is 41.7 cm³/mol. The summed E-state index contributed by atoms with van der Waals surface area (Å²) in [4.78, 5) is 0. The van der Waals surface area contributed by atoms with Crippen molar-refractivity contribution in [2.75, 3.05) is 0 Å². The Bertz CT molecular complexity index is 376. The minimum Gasteiger partial charge on any atom is -0.445 e. The van der Waals surface area contributed by atoms with E-state index in [2.05, 4.69) is 5.10 Å². The van der Waals surface area contributed by atoms with Crippen molar-refractivity contribution in [1.29, 1.82) is 0 Å². The van der Waals surface area contributed by atoms with Gasteiger partial charge in [0, 0.05) is 11.4 Å². The minimum absolute atomic E-state index is 0.563. The van der Waals surface area contributed by atoms with Crippen molar-refractivity contribution in [2.24, 2.45) is 0 Å². The summed E-state index contributed by atoms with van der Waals surface area (Å²) in [5, 5.41) is 2.84. The lowest BCUT2D eigenvalue weighted by Gasteiger charge is -2.15. The first kappa shape index (κ1) is 11.9. The van der Waals surface area contributed by atoms with Crippen LogP contribution in [0.4, 0.5) is 26.1 Å². The third-order valence-electron chi connectivity index (χ3n) is 1.91.